The van der Waals surface area contributed by atoms with E-state index in [0.29, 0.717) is 5.75 Å². The quantitative estimate of drug-likeness (QED) is 0.618. The van der Waals surface area contributed by atoms with Gasteiger partial charge in [0.2, 0.25) is 0 Å². The maximum absolute atomic E-state index is 12.5. The minimum atomic E-state index is -0.213. The molecule has 0 saturated heterocycles. The number of ether oxygens (including phenoxy) is 1. The number of carbonyl (C=O) groups is 1. The zero-order valence-electron chi connectivity index (χ0n) is 14.5. The SMILES string of the molecule is Cc1ccc(OCC(=O)NC(c2ccccc2)c2ccccc2)c(Br)c1. The Balaban J connectivity index is 1.71. The highest BCUT2D eigenvalue weighted by atomic mass is 79.9. The van der Waals surface area contributed by atoms with E-state index in [2.05, 4.69) is 21.2 Å². The van der Waals surface area contributed by atoms with Crippen LogP contribution in [-0.2, 0) is 4.79 Å². The summed E-state index contributed by atoms with van der Waals surface area (Å²) in [4.78, 5) is 12.5. The molecule has 0 aliphatic rings. The molecule has 0 spiro atoms. The van der Waals surface area contributed by atoms with Gasteiger partial charge in [-0.2, -0.15) is 0 Å². The van der Waals surface area contributed by atoms with Crippen LogP contribution in [0.15, 0.2) is 83.3 Å². The smallest absolute Gasteiger partial charge is 0.258 e. The van der Waals surface area contributed by atoms with Crippen molar-refractivity contribution in [3.05, 3.63) is 100 Å². The van der Waals surface area contributed by atoms with E-state index in [1.165, 1.54) is 0 Å². The standard InChI is InChI=1S/C22H20BrNO2/c1-16-12-13-20(19(23)14-16)26-15-21(25)24-22(17-8-4-2-5-9-17)18-10-6-3-7-11-18/h2-14,22H,15H2,1H3,(H,24,25). The Morgan fingerprint density at radius 2 is 1.54 bits per heavy atom. The molecule has 132 valence electrons. The zero-order valence-corrected chi connectivity index (χ0v) is 16.1. The van der Waals surface area contributed by atoms with Gasteiger partial charge < -0.3 is 10.1 Å². The van der Waals surface area contributed by atoms with E-state index < -0.39 is 0 Å². The molecule has 0 heterocycles. The van der Waals surface area contributed by atoms with Crippen LogP contribution < -0.4 is 10.1 Å². The fourth-order valence-corrected chi connectivity index (χ4v) is 3.33. The van der Waals surface area contributed by atoms with Crippen molar-refractivity contribution in [3.8, 4) is 5.75 Å². The lowest BCUT2D eigenvalue weighted by atomic mass is 9.99. The third kappa shape index (κ3) is 4.73. The molecule has 0 aliphatic carbocycles. The highest BCUT2D eigenvalue weighted by molar-refractivity contribution is 9.10. The van der Waals surface area contributed by atoms with E-state index in [4.69, 9.17) is 4.74 Å². The average molecular weight is 410 g/mol. The molecule has 26 heavy (non-hydrogen) atoms. The molecule has 0 unspecified atom stereocenters. The van der Waals surface area contributed by atoms with E-state index >= 15 is 0 Å². The first kappa shape index (κ1) is 18.2. The molecule has 0 atom stereocenters. The summed E-state index contributed by atoms with van der Waals surface area (Å²) in [5.41, 5.74) is 3.19. The van der Waals surface area contributed by atoms with E-state index in [-0.39, 0.29) is 18.6 Å². The Morgan fingerprint density at radius 1 is 0.962 bits per heavy atom. The molecule has 1 N–H and O–H groups in total. The molecule has 3 nitrogen and oxygen atoms in total. The molecular weight excluding hydrogens is 390 g/mol. The molecule has 0 saturated carbocycles. The maximum atomic E-state index is 12.5. The molecule has 3 aromatic carbocycles. The Bertz CT molecular complexity index is 826. The second kappa shape index (κ2) is 8.68. The Morgan fingerprint density at radius 3 is 2.08 bits per heavy atom. The zero-order chi connectivity index (χ0) is 18.4. The number of amides is 1. The van der Waals surface area contributed by atoms with E-state index in [1.807, 2.05) is 85.8 Å². The van der Waals surface area contributed by atoms with Crippen molar-refractivity contribution >= 4 is 21.8 Å². The summed E-state index contributed by atoms with van der Waals surface area (Å²) >= 11 is 3.46. The van der Waals surface area contributed by atoms with E-state index in [9.17, 15) is 4.79 Å². The number of aryl methyl sites for hydroxylation is 1. The van der Waals surface area contributed by atoms with E-state index in [0.717, 1.165) is 21.2 Å². The van der Waals surface area contributed by atoms with Gasteiger partial charge in [-0.25, -0.2) is 0 Å². The largest absolute Gasteiger partial charge is 0.483 e. The van der Waals surface area contributed by atoms with Crippen molar-refractivity contribution in [2.45, 2.75) is 13.0 Å². The first-order valence-electron chi connectivity index (χ1n) is 8.41. The molecule has 0 aliphatic heterocycles. The fraction of sp³-hybridized carbons (Fsp3) is 0.136. The van der Waals surface area contributed by atoms with Crippen molar-refractivity contribution in [3.63, 3.8) is 0 Å². The van der Waals surface area contributed by atoms with Crippen LogP contribution in [0.4, 0.5) is 0 Å². The molecule has 3 rings (SSSR count). The van der Waals surface area contributed by atoms with E-state index in [1.54, 1.807) is 0 Å². The maximum Gasteiger partial charge on any atom is 0.258 e. The predicted molar refractivity (Wildman–Crippen MR) is 107 cm³/mol. The summed E-state index contributed by atoms with van der Waals surface area (Å²) in [6.07, 6.45) is 0. The summed E-state index contributed by atoms with van der Waals surface area (Å²) in [6, 6.07) is 25.4. The summed E-state index contributed by atoms with van der Waals surface area (Å²) in [5.74, 6) is 0.483. The van der Waals surface area contributed by atoms with Gasteiger partial charge in [-0.05, 0) is 51.7 Å². The number of benzene rings is 3. The van der Waals surface area contributed by atoms with Gasteiger partial charge in [-0.1, -0.05) is 66.7 Å². The Hall–Kier alpha value is -2.59. The van der Waals surface area contributed by atoms with Crippen LogP contribution >= 0.6 is 15.9 Å². The summed E-state index contributed by atoms with van der Waals surface area (Å²) in [5, 5.41) is 3.07. The van der Waals surface area contributed by atoms with Crippen molar-refractivity contribution in [1.29, 1.82) is 0 Å². The molecule has 0 fully saturated rings. The van der Waals surface area contributed by atoms with Crippen LogP contribution in [0.25, 0.3) is 0 Å². The number of nitrogens with one attached hydrogen (secondary N) is 1. The average Bonchev–Trinajstić information content (AvgIpc) is 2.67. The highest BCUT2D eigenvalue weighted by Gasteiger charge is 2.17. The van der Waals surface area contributed by atoms with Gasteiger partial charge in [-0.3, -0.25) is 4.79 Å². The van der Waals surface area contributed by atoms with Crippen molar-refractivity contribution in [1.82, 2.24) is 5.32 Å². The Labute approximate surface area is 162 Å². The number of halogens is 1. The van der Waals surface area contributed by atoms with Gasteiger partial charge in [0.05, 0.1) is 10.5 Å². The molecule has 0 aromatic heterocycles. The minimum Gasteiger partial charge on any atom is -0.483 e. The van der Waals surface area contributed by atoms with Gasteiger partial charge >= 0.3 is 0 Å². The second-order valence-corrected chi connectivity index (χ2v) is 6.90. The lowest BCUT2D eigenvalue weighted by molar-refractivity contribution is -0.123. The van der Waals surface area contributed by atoms with Crippen LogP contribution in [-0.4, -0.2) is 12.5 Å². The number of hydrogen-bond donors (Lipinski definition) is 1. The monoisotopic (exact) mass is 409 g/mol. The second-order valence-electron chi connectivity index (χ2n) is 6.04. The topological polar surface area (TPSA) is 38.3 Å². The third-order valence-corrected chi connectivity index (χ3v) is 4.64. The lowest BCUT2D eigenvalue weighted by Gasteiger charge is -2.20. The molecule has 1 amide bonds. The van der Waals surface area contributed by atoms with Gasteiger partial charge in [0.25, 0.3) is 5.91 Å². The summed E-state index contributed by atoms with van der Waals surface area (Å²) < 4.78 is 6.51. The predicted octanol–water partition coefficient (Wildman–Crippen LogP) is 5.04. The van der Waals surface area contributed by atoms with Crippen molar-refractivity contribution in [2.75, 3.05) is 6.61 Å². The highest BCUT2D eigenvalue weighted by Crippen LogP contribution is 2.26. The normalized spacial score (nSPS) is 10.6. The van der Waals surface area contributed by atoms with Crippen LogP contribution in [0.3, 0.4) is 0 Å². The molecule has 3 aromatic rings. The van der Waals surface area contributed by atoms with Crippen LogP contribution in [0.2, 0.25) is 0 Å². The minimum absolute atomic E-state index is 0.0438. The number of carbonyl (C=O) groups excluding carboxylic acids is 1. The first-order chi connectivity index (χ1) is 12.6. The fourth-order valence-electron chi connectivity index (χ4n) is 2.72. The van der Waals surface area contributed by atoms with Crippen LogP contribution in [0.5, 0.6) is 5.75 Å². The third-order valence-electron chi connectivity index (χ3n) is 4.02. The molecule has 0 radical (unpaired) electrons. The van der Waals surface area contributed by atoms with Gasteiger partial charge in [0.15, 0.2) is 6.61 Å². The van der Waals surface area contributed by atoms with Crippen molar-refractivity contribution < 1.29 is 9.53 Å². The number of hydrogen-bond acceptors (Lipinski definition) is 2. The molecule has 4 heteroatoms. The van der Waals surface area contributed by atoms with Crippen LogP contribution in [0, 0.1) is 6.92 Å². The lowest BCUT2D eigenvalue weighted by Crippen LogP contribution is -2.33. The van der Waals surface area contributed by atoms with Gasteiger partial charge in [-0.15, -0.1) is 0 Å². The van der Waals surface area contributed by atoms with Gasteiger partial charge in [0, 0.05) is 0 Å². The summed E-state index contributed by atoms with van der Waals surface area (Å²) in [6.45, 7) is 1.96. The molecular formula is C22H20BrNO2. The van der Waals surface area contributed by atoms with Crippen LogP contribution in [0.1, 0.15) is 22.7 Å². The Kier molecular flexibility index (Phi) is 6.08. The van der Waals surface area contributed by atoms with Gasteiger partial charge in [0.1, 0.15) is 5.75 Å². The number of rotatable bonds is 6. The summed E-state index contributed by atoms with van der Waals surface area (Å²) in [7, 11) is 0. The molecule has 0 bridgehead atoms. The first-order valence-corrected chi connectivity index (χ1v) is 9.21. The van der Waals surface area contributed by atoms with Crippen molar-refractivity contribution in [2.24, 2.45) is 0 Å².